The zero-order chi connectivity index (χ0) is 17.3. The van der Waals surface area contributed by atoms with Gasteiger partial charge in [-0.2, -0.15) is 5.01 Å². The van der Waals surface area contributed by atoms with Crippen molar-refractivity contribution in [2.45, 2.75) is 13.2 Å². The van der Waals surface area contributed by atoms with E-state index in [-0.39, 0.29) is 22.5 Å². The Bertz CT molecular complexity index is 841. The molecule has 2 aromatic rings. The van der Waals surface area contributed by atoms with Crippen molar-refractivity contribution in [2.24, 2.45) is 5.10 Å². The average molecular weight is 347 g/mol. The molecule has 1 atom stereocenters. The molecule has 3 rings (SSSR count). The van der Waals surface area contributed by atoms with E-state index in [9.17, 15) is 14.9 Å². The van der Waals surface area contributed by atoms with Crippen LogP contribution >= 0.6 is 11.6 Å². The van der Waals surface area contributed by atoms with Gasteiger partial charge in [0.15, 0.2) is 0 Å². The lowest BCUT2D eigenvalue weighted by atomic mass is 10.1. The number of hydrogen-bond donors (Lipinski definition) is 0. The molecule has 0 saturated heterocycles. The molecular weight excluding hydrogens is 336 g/mol. The summed E-state index contributed by atoms with van der Waals surface area (Å²) in [6.07, 6.45) is 2.24. The van der Waals surface area contributed by atoms with Crippen LogP contribution in [0.4, 0.5) is 5.69 Å². The van der Waals surface area contributed by atoms with Crippen molar-refractivity contribution in [3.8, 4) is 0 Å². The molecule has 0 saturated carbocycles. The summed E-state index contributed by atoms with van der Waals surface area (Å²) in [6.45, 7) is 1.33. The number of nitrogens with zero attached hydrogens (tertiary/aromatic N) is 4. The van der Waals surface area contributed by atoms with Gasteiger partial charge in [-0.3, -0.25) is 19.9 Å². The van der Waals surface area contributed by atoms with E-state index in [0.29, 0.717) is 11.1 Å². The molecule has 1 aromatic heterocycles. The number of ether oxygens (including phenoxy) is 1. The molecule has 2 heterocycles. The van der Waals surface area contributed by atoms with Crippen LogP contribution in [0.25, 0.3) is 0 Å². The Labute approximate surface area is 141 Å². The maximum absolute atomic E-state index is 11.9. The minimum atomic E-state index is -0.901. The Morgan fingerprint density at radius 1 is 1.33 bits per heavy atom. The summed E-state index contributed by atoms with van der Waals surface area (Å²) in [5.41, 5.74) is 0.773. The van der Waals surface area contributed by atoms with Crippen molar-refractivity contribution < 1.29 is 14.5 Å². The van der Waals surface area contributed by atoms with Crippen molar-refractivity contribution in [3.63, 3.8) is 0 Å². The number of nitro benzene ring substituents is 1. The molecular formula is C15H11ClN4O4. The van der Waals surface area contributed by atoms with Gasteiger partial charge in [-0.15, -0.1) is 5.10 Å². The number of halogens is 1. The Hall–Kier alpha value is -3.00. The van der Waals surface area contributed by atoms with Gasteiger partial charge in [0, 0.05) is 36.5 Å². The second-order valence-corrected chi connectivity index (χ2v) is 5.35. The van der Waals surface area contributed by atoms with Gasteiger partial charge in [-0.25, -0.2) is 0 Å². The normalized spacial score (nSPS) is 16.5. The monoisotopic (exact) mass is 346 g/mol. The van der Waals surface area contributed by atoms with Crippen molar-refractivity contribution >= 4 is 29.1 Å². The number of hydrogen-bond acceptors (Lipinski definition) is 6. The molecule has 1 aliphatic heterocycles. The Kier molecular flexibility index (Phi) is 4.13. The molecule has 8 nitrogen and oxygen atoms in total. The summed E-state index contributed by atoms with van der Waals surface area (Å²) in [4.78, 5) is 26.2. The van der Waals surface area contributed by atoms with Gasteiger partial charge >= 0.3 is 0 Å². The van der Waals surface area contributed by atoms with E-state index >= 15 is 0 Å². The molecule has 0 radical (unpaired) electrons. The van der Waals surface area contributed by atoms with Gasteiger partial charge in [0.05, 0.1) is 4.92 Å². The fraction of sp³-hybridized carbons (Fsp3) is 0.133. The third-order valence-corrected chi connectivity index (χ3v) is 3.67. The van der Waals surface area contributed by atoms with Crippen LogP contribution in [0.5, 0.6) is 0 Å². The summed E-state index contributed by atoms with van der Waals surface area (Å²) in [7, 11) is 0. The van der Waals surface area contributed by atoms with Gasteiger partial charge in [0.2, 0.25) is 18.0 Å². The SMILES string of the molecule is CC(=O)N1N=C(c2ccncc2)OC1c1ccc(Cl)c([N+](=O)[O-])c1. The highest BCUT2D eigenvalue weighted by molar-refractivity contribution is 6.32. The molecule has 1 aromatic carbocycles. The first-order chi connectivity index (χ1) is 11.5. The lowest BCUT2D eigenvalue weighted by molar-refractivity contribution is -0.384. The standard InChI is InChI=1S/C15H11ClN4O4/c1-9(21)19-15(11-2-3-12(16)13(8-11)20(22)23)24-14(18-19)10-4-6-17-7-5-10/h2-8,15H,1H3. The van der Waals surface area contributed by atoms with Crippen LogP contribution in [0.2, 0.25) is 5.02 Å². The molecule has 0 spiro atoms. The van der Waals surface area contributed by atoms with E-state index in [1.165, 1.54) is 19.1 Å². The molecule has 1 unspecified atom stereocenters. The van der Waals surface area contributed by atoms with Crippen LogP contribution in [-0.2, 0) is 9.53 Å². The molecule has 0 aliphatic carbocycles. The minimum Gasteiger partial charge on any atom is -0.446 e. The summed E-state index contributed by atoms with van der Waals surface area (Å²) in [6, 6.07) is 7.59. The van der Waals surface area contributed by atoms with E-state index in [0.717, 1.165) is 5.01 Å². The zero-order valence-electron chi connectivity index (χ0n) is 12.4. The summed E-state index contributed by atoms with van der Waals surface area (Å²) in [5.74, 6) is -0.128. The first kappa shape index (κ1) is 15.9. The average Bonchev–Trinajstić information content (AvgIpc) is 3.01. The number of hydrazone groups is 1. The lowest BCUT2D eigenvalue weighted by Gasteiger charge is -2.19. The molecule has 0 bridgehead atoms. The first-order valence-electron chi connectivity index (χ1n) is 6.86. The fourth-order valence-corrected chi connectivity index (χ4v) is 2.40. The topological polar surface area (TPSA) is 97.9 Å². The molecule has 0 fully saturated rings. The van der Waals surface area contributed by atoms with E-state index < -0.39 is 11.2 Å². The van der Waals surface area contributed by atoms with Crippen LogP contribution in [0.1, 0.15) is 24.3 Å². The van der Waals surface area contributed by atoms with Crippen molar-refractivity contribution in [2.75, 3.05) is 0 Å². The largest absolute Gasteiger partial charge is 0.446 e. The molecule has 24 heavy (non-hydrogen) atoms. The fourth-order valence-electron chi connectivity index (χ4n) is 2.22. The third kappa shape index (κ3) is 2.91. The molecule has 9 heteroatoms. The quantitative estimate of drug-likeness (QED) is 0.628. The van der Waals surface area contributed by atoms with Crippen LogP contribution in [0, 0.1) is 10.1 Å². The van der Waals surface area contributed by atoms with Crippen molar-refractivity contribution in [1.82, 2.24) is 9.99 Å². The number of nitro groups is 1. The van der Waals surface area contributed by atoms with E-state index in [1.54, 1.807) is 30.6 Å². The highest BCUT2D eigenvalue weighted by Crippen LogP contribution is 2.34. The summed E-state index contributed by atoms with van der Waals surface area (Å²) in [5, 5.41) is 16.3. The van der Waals surface area contributed by atoms with Gasteiger partial charge in [-0.05, 0) is 18.2 Å². The molecule has 122 valence electrons. The number of amides is 1. The maximum Gasteiger partial charge on any atom is 0.288 e. The zero-order valence-corrected chi connectivity index (χ0v) is 13.2. The number of aromatic nitrogens is 1. The minimum absolute atomic E-state index is 0.00592. The predicted molar refractivity (Wildman–Crippen MR) is 85.2 cm³/mol. The van der Waals surface area contributed by atoms with Gasteiger partial charge < -0.3 is 4.74 Å². The lowest BCUT2D eigenvalue weighted by Crippen LogP contribution is -2.25. The second kappa shape index (κ2) is 6.25. The van der Waals surface area contributed by atoms with E-state index in [2.05, 4.69) is 10.1 Å². The number of pyridine rings is 1. The molecule has 0 N–H and O–H groups in total. The first-order valence-corrected chi connectivity index (χ1v) is 7.24. The number of carbonyl (C=O) groups is 1. The number of rotatable bonds is 3. The highest BCUT2D eigenvalue weighted by atomic mass is 35.5. The Morgan fingerprint density at radius 3 is 2.67 bits per heavy atom. The smallest absolute Gasteiger partial charge is 0.288 e. The second-order valence-electron chi connectivity index (χ2n) is 4.94. The van der Waals surface area contributed by atoms with Gasteiger partial charge in [-0.1, -0.05) is 17.7 Å². The molecule has 1 aliphatic rings. The van der Waals surface area contributed by atoms with Crippen LogP contribution in [-0.4, -0.2) is 26.7 Å². The summed E-state index contributed by atoms with van der Waals surface area (Å²) < 4.78 is 5.74. The van der Waals surface area contributed by atoms with Crippen LogP contribution in [0.3, 0.4) is 0 Å². The Balaban J connectivity index is 1.98. The third-order valence-electron chi connectivity index (χ3n) is 3.35. The maximum atomic E-state index is 11.9. The summed E-state index contributed by atoms with van der Waals surface area (Å²) >= 11 is 5.82. The van der Waals surface area contributed by atoms with Gasteiger partial charge in [0.25, 0.3) is 5.69 Å². The van der Waals surface area contributed by atoms with Gasteiger partial charge in [0.1, 0.15) is 5.02 Å². The van der Waals surface area contributed by atoms with Crippen molar-refractivity contribution in [1.29, 1.82) is 0 Å². The van der Waals surface area contributed by atoms with E-state index in [1.807, 2.05) is 0 Å². The predicted octanol–water partition coefficient (Wildman–Crippen LogP) is 2.88. The molecule has 1 amide bonds. The number of carbonyl (C=O) groups excluding carboxylic acids is 1. The number of benzene rings is 1. The van der Waals surface area contributed by atoms with Crippen molar-refractivity contribution in [3.05, 3.63) is 69.0 Å². The van der Waals surface area contributed by atoms with Crippen LogP contribution in [0.15, 0.2) is 47.8 Å². The Morgan fingerprint density at radius 2 is 2.04 bits per heavy atom. The van der Waals surface area contributed by atoms with E-state index in [4.69, 9.17) is 16.3 Å². The van der Waals surface area contributed by atoms with Crippen LogP contribution < -0.4 is 0 Å². The highest BCUT2D eigenvalue weighted by Gasteiger charge is 2.34.